The van der Waals surface area contributed by atoms with E-state index in [-0.39, 0.29) is 18.4 Å². The van der Waals surface area contributed by atoms with Gasteiger partial charge in [0.15, 0.2) is 11.5 Å². The maximum atomic E-state index is 9.74. The van der Waals surface area contributed by atoms with Crippen molar-refractivity contribution >= 4 is 22.9 Å². The number of anilines is 2. The molecule has 0 saturated carbocycles. The average Bonchev–Trinajstić information content (AvgIpc) is 2.92. The Labute approximate surface area is 107 Å². The Morgan fingerprint density at radius 3 is 2.89 bits per heavy atom. The molecule has 0 unspecified atom stereocenters. The second-order valence-corrected chi connectivity index (χ2v) is 4.41. The summed E-state index contributed by atoms with van der Waals surface area (Å²) in [5.41, 5.74) is 12.1. The highest BCUT2D eigenvalue weighted by molar-refractivity contribution is 5.82. The van der Waals surface area contributed by atoms with Crippen molar-refractivity contribution in [3.63, 3.8) is 0 Å². The molecule has 1 aliphatic rings. The highest BCUT2D eigenvalue weighted by atomic mass is 16.5. The van der Waals surface area contributed by atoms with Crippen LogP contribution in [0.15, 0.2) is 6.33 Å². The number of aliphatic hydroxyl groups excluding tert-OH is 2. The first-order valence-electron chi connectivity index (χ1n) is 5.80. The second kappa shape index (κ2) is 4.30. The van der Waals surface area contributed by atoms with Crippen molar-refractivity contribution in [2.75, 3.05) is 18.1 Å². The molecule has 3 atom stereocenters. The fourth-order valence-corrected chi connectivity index (χ4v) is 2.22. The summed E-state index contributed by atoms with van der Waals surface area (Å²) in [6, 6.07) is 0. The maximum absolute atomic E-state index is 9.74. The number of nitrogens with two attached hydrogens (primary N) is 2. The number of fused-ring (bicyclic) bond motifs is 1. The van der Waals surface area contributed by atoms with Gasteiger partial charge in [0.25, 0.3) is 0 Å². The molecule has 2 aromatic heterocycles. The number of aromatic nitrogens is 4. The lowest BCUT2D eigenvalue weighted by Gasteiger charge is -2.13. The first kappa shape index (κ1) is 12.1. The number of imidazole rings is 1. The number of nitrogen functional groups attached to an aromatic ring is 2. The molecule has 0 bridgehead atoms. The summed E-state index contributed by atoms with van der Waals surface area (Å²) in [5.74, 6) is 0.238. The van der Waals surface area contributed by atoms with Crippen molar-refractivity contribution in [2.45, 2.75) is 24.9 Å². The monoisotopic (exact) mass is 266 g/mol. The van der Waals surface area contributed by atoms with Gasteiger partial charge >= 0.3 is 0 Å². The molecule has 1 fully saturated rings. The van der Waals surface area contributed by atoms with E-state index in [4.69, 9.17) is 21.3 Å². The molecule has 0 amide bonds. The van der Waals surface area contributed by atoms with Gasteiger partial charge in [-0.3, -0.25) is 4.57 Å². The molecule has 0 spiro atoms. The van der Waals surface area contributed by atoms with E-state index in [2.05, 4.69) is 15.0 Å². The van der Waals surface area contributed by atoms with E-state index in [0.29, 0.717) is 17.6 Å². The number of hydrogen-bond acceptors (Lipinski definition) is 8. The predicted molar refractivity (Wildman–Crippen MR) is 65.8 cm³/mol. The predicted octanol–water partition coefficient (Wildman–Crippen LogP) is -1.37. The van der Waals surface area contributed by atoms with Gasteiger partial charge in [-0.05, 0) is 0 Å². The summed E-state index contributed by atoms with van der Waals surface area (Å²) < 4.78 is 7.16. The summed E-state index contributed by atoms with van der Waals surface area (Å²) in [5, 5.41) is 18.8. The van der Waals surface area contributed by atoms with Crippen LogP contribution in [-0.2, 0) is 4.74 Å². The Bertz CT molecular complexity index is 615. The Morgan fingerprint density at radius 2 is 2.21 bits per heavy atom. The Kier molecular flexibility index (Phi) is 2.73. The summed E-state index contributed by atoms with van der Waals surface area (Å²) in [7, 11) is 0. The van der Waals surface area contributed by atoms with Gasteiger partial charge in [0.05, 0.1) is 19.0 Å². The summed E-state index contributed by atoms with van der Waals surface area (Å²) in [6.45, 7) is -0.246. The molecule has 1 aliphatic heterocycles. The van der Waals surface area contributed by atoms with Crippen molar-refractivity contribution in [2.24, 2.45) is 0 Å². The van der Waals surface area contributed by atoms with Gasteiger partial charge in [0, 0.05) is 6.42 Å². The standard InChI is InChI=1S/C10H14N6O3/c11-8-7-9(15-10(12)14-8)16(3-13-7)6-1-4(18)5(2-17)19-6/h3-6,17-18H,1-2H2,(H4,11,12,14,15)/t4-,5+,6-/m1/s1. The van der Waals surface area contributed by atoms with Crippen molar-refractivity contribution < 1.29 is 14.9 Å². The molecule has 0 aliphatic carbocycles. The number of nitrogens with zero attached hydrogens (tertiary/aromatic N) is 4. The van der Waals surface area contributed by atoms with Gasteiger partial charge in [-0.25, -0.2) is 4.98 Å². The summed E-state index contributed by atoms with van der Waals surface area (Å²) >= 11 is 0. The molecule has 9 nitrogen and oxygen atoms in total. The Hall–Kier alpha value is -1.97. The van der Waals surface area contributed by atoms with E-state index in [0.717, 1.165) is 0 Å². The van der Waals surface area contributed by atoms with E-state index in [1.54, 1.807) is 4.57 Å². The van der Waals surface area contributed by atoms with Gasteiger partial charge in [-0.1, -0.05) is 0 Å². The largest absolute Gasteiger partial charge is 0.394 e. The third-order valence-corrected chi connectivity index (χ3v) is 3.16. The van der Waals surface area contributed by atoms with Crippen LogP contribution in [0.3, 0.4) is 0 Å². The highest BCUT2D eigenvalue weighted by Gasteiger charge is 2.35. The fourth-order valence-electron chi connectivity index (χ4n) is 2.22. The summed E-state index contributed by atoms with van der Waals surface area (Å²) in [6.07, 6.45) is 0.0288. The minimum Gasteiger partial charge on any atom is -0.394 e. The van der Waals surface area contributed by atoms with Crippen LogP contribution in [-0.4, -0.2) is 48.5 Å². The first-order valence-corrected chi connectivity index (χ1v) is 5.80. The van der Waals surface area contributed by atoms with Crippen LogP contribution in [0.25, 0.3) is 11.2 Å². The van der Waals surface area contributed by atoms with Gasteiger partial charge in [-0.15, -0.1) is 0 Å². The molecule has 3 heterocycles. The van der Waals surface area contributed by atoms with Crippen molar-refractivity contribution in [3.05, 3.63) is 6.33 Å². The SMILES string of the molecule is Nc1nc(N)c2ncn([C@H]3C[C@@H](O)[C@H](CO)O3)c2n1. The van der Waals surface area contributed by atoms with Gasteiger partial charge in [0.1, 0.15) is 17.8 Å². The van der Waals surface area contributed by atoms with E-state index in [1.165, 1.54) is 6.33 Å². The van der Waals surface area contributed by atoms with Crippen LogP contribution >= 0.6 is 0 Å². The molecule has 0 radical (unpaired) electrons. The Balaban J connectivity index is 2.02. The number of ether oxygens (including phenoxy) is 1. The quantitative estimate of drug-likeness (QED) is 0.521. The lowest BCUT2D eigenvalue weighted by Crippen LogP contribution is -2.24. The zero-order chi connectivity index (χ0) is 13.6. The third kappa shape index (κ3) is 1.87. The molecule has 19 heavy (non-hydrogen) atoms. The molecule has 9 heteroatoms. The van der Waals surface area contributed by atoms with Gasteiger partial charge < -0.3 is 26.4 Å². The first-order chi connectivity index (χ1) is 9.10. The minimum absolute atomic E-state index is 0.0454. The lowest BCUT2D eigenvalue weighted by atomic mass is 10.2. The highest BCUT2D eigenvalue weighted by Crippen LogP contribution is 2.31. The van der Waals surface area contributed by atoms with Crippen molar-refractivity contribution in [1.82, 2.24) is 19.5 Å². The van der Waals surface area contributed by atoms with Gasteiger partial charge in [-0.2, -0.15) is 9.97 Å². The van der Waals surface area contributed by atoms with E-state index in [1.807, 2.05) is 0 Å². The molecule has 6 N–H and O–H groups in total. The zero-order valence-electron chi connectivity index (χ0n) is 9.97. The van der Waals surface area contributed by atoms with E-state index < -0.39 is 18.4 Å². The topological polar surface area (TPSA) is 145 Å². The molecule has 2 aromatic rings. The molecule has 0 aromatic carbocycles. The second-order valence-electron chi connectivity index (χ2n) is 4.41. The van der Waals surface area contributed by atoms with E-state index in [9.17, 15) is 5.11 Å². The van der Waals surface area contributed by atoms with Gasteiger partial charge in [0.2, 0.25) is 5.95 Å². The smallest absolute Gasteiger partial charge is 0.224 e. The van der Waals surface area contributed by atoms with Crippen LogP contribution in [0.5, 0.6) is 0 Å². The molecule has 1 saturated heterocycles. The minimum atomic E-state index is -0.732. The fraction of sp³-hybridized carbons (Fsp3) is 0.500. The van der Waals surface area contributed by atoms with Crippen LogP contribution < -0.4 is 11.5 Å². The number of aliphatic hydroxyl groups is 2. The molecular formula is C10H14N6O3. The molecular weight excluding hydrogens is 252 g/mol. The van der Waals surface area contributed by atoms with Crippen LogP contribution in [0, 0.1) is 0 Å². The maximum Gasteiger partial charge on any atom is 0.224 e. The van der Waals surface area contributed by atoms with Crippen LogP contribution in [0.1, 0.15) is 12.6 Å². The number of rotatable bonds is 2. The normalized spacial score (nSPS) is 27.2. The van der Waals surface area contributed by atoms with Crippen LogP contribution in [0.4, 0.5) is 11.8 Å². The molecule has 102 valence electrons. The lowest BCUT2D eigenvalue weighted by molar-refractivity contribution is -0.0432. The van der Waals surface area contributed by atoms with Crippen LogP contribution in [0.2, 0.25) is 0 Å². The van der Waals surface area contributed by atoms with E-state index >= 15 is 0 Å². The average molecular weight is 266 g/mol. The Morgan fingerprint density at radius 1 is 1.42 bits per heavy atom. The number of hydrogen-bond donors (Lipinski definition) is 4. The third-order valence-electron chi connectivity index (χ3n) is 3.16. The molecule has 3 rings (SSSR count). The van der Waals surface area contributed by atoms with Crippen molar-refractivity contribution in [1.29, 1.82) is 0 Å². The zero-order valence-corrected chi connectivity index (χ0v) is 9.97. The van der Waals surface area contributed by atoms with Crippen molar-refractivity contribution in [3.8, 4) is 0 Å². The summed E-state index contributed by atoms with van der Waals surface area (Å²) in [4.78, 5) is 12.0.